The number of hydrogen-bond acceptors (Lipinski definition) is 2. The van der Waals surface area contributed by atoms with E-state index in [-0.39, 0.29) is 5.54 Å². The molecule has 0 spiro atoms. The van der Waals surface area contributed by atoms with Crippen molar-refractivity contribution in [3.8, 4) is 11.3 Å². The van der Waals surface area contributed by atoms with Gasteiger partial charge < -0.3 is 10.2 Å². The van der Waals surface area contributed by atoms with E-state index >= 15 is 0 Å². The first kappa shape index (κ1) is 11.1. The van der Waals surface area contributed by atoms with E-state index in [2.05, 4.69) is 40.2 Å². The average Bonchev–Trinajstić information content (AvgIpc) is 2.87. The average molecular weight is 292 g/mol. The molecule has 0 amide bonds. The number of rotatable bonds is 3. The molecule has 3 heteroatoms. The van der Waals surface area contributed by atoms with Crippen molar-refractivity contribution in [3.63, 3.8) is 0 Å². The second-order valence-electron chi connectivity index (χ2n) is 4.84. The Kier molecular flexibility index (Phi) is 2.60. The highest BCUT2D eigenvalue weighted by Gasteiger charge is 2.37. The van der Waals surface area contributed by atoms with Crippen molar-refractivity contribution in [2.24, 2.45) is 5.73 Å². The van der Waals surface area contributed by atoms with Gasteiger partial charge in [0.1, 0.15) is 5.76 Å². The lowest BCUT2D eigenvalue weighted by Crippen LogP contribution is -2.24. The Bertz CT molecular complexity index is 543. The van der Waals surface area contributed by atoms with Crippen LogP contribution in [0.4, 0.5) is 0 Å². The van der Waals surface area contributed by atoms with Gasteiger partial charge in [-0.2, -0.15) is 0 Å². The third-order valence-electron chi connectivity index (χ3n) is 3.25. The molecule has 0 aliphatic heterocycles. The Balaban J connectivity index is 1.91. The standard InChI is InChI=1S/C14H14BrNO/c15-12-4-7-17-13(12)11-3-1-2-10(8-11)9-14(16)5-6-14/h1-4,7-8H,5-6,9,16H2. The molecule has 88 valence electrons. The molecule has 0 unspecified atom stereocenters. The molecule has 2 N–H and O–H groups in total. The van der Waals surface area contributed by atoms with E-state index in [1.165, 1.54) is 5.56 Å². The molecular weight excluding hydrogens is 278 g/mol. The SMILES string of the molecule is NC1(Cc2cccc(-c3occc3Br)c2)CC1. The molecule has 1 fully saturated rings. The molecule has 0 radical (unpaired) electrons. The lowest BCUT2D eigenvalue weighted by molar-refractivity contribution is 0.581. The maximum Gasteiger partial charge on any atom is 0.148 e. The molecule has 3 rings (SSSR count). The van der Waals surface area contributed by atoms with E-state index < -0.39 is 0 Å². The Morgan fingerprint density at radius 1 is 1.29 bits per heavy atom. The minimum Gasteiger partial charge on any atom is -0.463 e. The van der Waals surface area contributed by atoms with Crippen LogP contribution in [0.1, 0.15) is 18.4 Å². The molecule has 2 nitrogen and oxygen atoms in total. The first-order valence-corrected chi connectivity index (χ1v) is 6.57. The Hall–Kier alpha value is -1.06. The van der Waals surface area contributed by atoms with Crippen LogP contribution in [0.15, 0.2) is 45.5 Å². The number of halogens is 1. The van der Waals surface area contributed by atoms with Crippen LogP contribution >= 0.6 is 15.9 Å². The van der Waals surface area contributed by atoms with E-state index in [9.17, 15) is 0 Å². The van der Waals surface area contributed by atoms with Gasteiger partial charge in [-0.25, -0.2) is 0 Å². The number of hydrogen-bond donors (Lipinski definition) is 1. The Labute approximate surface area is 109 Å². The fourth-order valence-electron chi connectivity index (χ4n) is 2.07. The molecule has 0 atom stereocenters. The molecule has 1 aliphatic rings. The molecule has 1 heterocycles. The van der Waals surface area contributed by atoms with Gasteiger partial charge >= 0.3 is 0 Å². The quantitative estimate of drug-likeness (QED) is 0.936. The molecule has 0 saturated heterocycles. The Morgan fingerprint density at radius 3 is 2.76 bits per heavy atom. The van der Waals surface area contributed by atoms with E-state index in [0.717, 1.165) is 35.1 Å². The van der Waals surface area contributed by atoms with Gasteiger partial charge in [0, 0.05) is 11.1 Å². The van der Waals surface area contributed by atoms with Gasteiger partial charge in [-0.15, -0.1) is 0 Å². The van der Waals surface area contributed by atoms with Crippen molar-refractivity contribution < 1.29 is 4.42 Å². The fourth-order valence-corrected chi connectivity index (χ4v) is 2.50. The predicted molar refractivity (Wildman–Crippen MR) is 71.7 cm³/mol. The summed E-state index contributed by atoms with van der Waals surface area (Å²) in [5, 5.41) is 0. The summed E-state index contributed by atoms with van der Waals surface area (Å²) in [6, 6.07) is 10.3. The molecular formula is C14H14BrNO. The van der Waals surface area contributed by atoms with Crippen LogP contribution in [0.25, 0.3) is 11.3 Å². The third-order valence-corrected chi connectivity index (χ3v) is 3.88. The van der Waals surface area contributed by atoms with Crippen LogP contribution in [0.3, 0.4) is 0 Å². The topological polar surface area (TPSA) is 39.2 Å². The second kappa shape index (κ2) is 4.00. The largest absolute Gasteiger partial charge is 0.463 e. The molecule has 1 aliphatic carbocycles. The summed E-state index contributed by atoms with van der Waals surface area (Å²) in [7, 11) is 0. The molecule has 1 aromatic carbocycles. The highest BCUT2D eigenvalue weighted by atomic mass is 79.9. The summed E-state index contributed by atoms with van der Waals surface area (Å²) >= 11 is 3.48. The maximum atomic E-state index is 6.14. The van der Waals surface area contributed by atoms with Crippen molar-refractivity contribution in [2.45, 2.75) is 24.8 Å². The smallest absolute Gasteiger partial charge is 0.148 e. The molecule has 2 aromatic rings. The van der Waals surface area contributed by atoms with Crippen LogP contribution in [-0.4, -0.2) is 5.54 Å². The number of furan rings is 1. The minimum absolute atomic E-state index is 0.0546. The van der Waals surface area contributed by atoms with E-state index in [1.807, 2.05) is 6.07 Å². The van der Waals surface area contributed by atoms with Gasteiger partial charge in [-0.05, 0) is 52.9 Å². The zero-order chi connectivity index (χ0) is 11.9. The van der Waals surface area contributed by atoms with Crippen LogP contribution < -0.4 is 5.73 Å². The normalized spacial score (nSPS) is 17.1. The number of nitrogens with two attached hydrogens (primary N) is 1. The fraction of sp³-hybridized carbons (Fsp3) is 0.286. The van der Waals surface area contributed by atoms with E-state index in [0.29, 0.717) is 0 Å². The minimum atomic E-state index is 0.0546. The molecule has 0 bridgehead atoms. The van der Waals surface area contributed by atoms with Gasteiger partial charge in [0.15, 0.2) is 0 Å². The second-order valence-corrected chi connectivity index (χ2v) is 5.69. The summed E-state index contributed by atoms with van der Waals surface area (Å²) in [6.45, 7) is 0. The summed E-state index contributed by atoms with van der Waals surface area (Å²) < 4.78 is 6.46. The third kappa shape index (κ3) is 2.31. The van der Waals surface area contributed by atoms with Gasteiger partial charge in [0.25, 0.3) is 0 Å². The molecule has 1 saturated carbocycles. The van der Waals surface area contributed by atoms with Gasteiger partial charge in [0.05, 0.1) is 10.7 Å². The van der Waals surface area contributed by atoms with Gasteiger partial charge in [0.2, 0.25) is 0 Å². The lowest BCUT2D eigenvalue weighted by atomic mass is 10.0. The molecule has 17 heavy (non-hydrogen) atoms. The first-order valence-electron chi connectivity index (χ1n) is 5.78. The highest BCUT2D eigenvalue weighted by Crippen LogP contribution is 2.36. The van der Waals surface area contributed by atoms with Crippen molar-refractivity contribution in [3.05, 3.63) is 46.6 Å². The first-order chi connectivity index (χ1) is 8.16. The van der Waals surface area contributed by atoms with Gasteiger partial charge in [-0.3, -0.25) is 0 Å². The van der Waals surface area contributed by atoms with Crippen molar-refractivity contribution in [1.29, 1.82) is 0 Å². The summed E-state index contributed by atoms with van der Waals surface area (Å²) in [5.74, 6) is 0.883. The number of benzene rings is 1. The summed E-state index contributed by atoms with van der Waals surface area (Å²) in [6.07, 6.45) is 4.93. The summed E-state index contributed by atoms with van der Waals surface area (Å²) in [5.41, 5.74) is 8.58. The van der Waals surface area contributed by atoms with Crippen LogP contribution in [0.5, 0.6) is 0 Å². The van der Waals surface area contributed by atoms with Crippen molar-refractivity contribution in [1.82, 2.24) is 0 Å². The van der Waals surface area contributed by atoms with Gasteiger partial charge in [-0.1, -0.05) is 18.2 Å². The van der Waals surface area contributed by atoms with Crippen molar-refractivity contribution in [2.75, 3.05) is 0 Å². The van der Waals surface area contributed by atoms with Crippen LogP contribution in [0, 0.1) is 0 Å². The highest BCUT2D eigenvalue weighted by molar-refractivity contribution is 9.10. The van der Waals surface area contributed by atoms with Crippen molar-refractivity contribution >= 4 is 15.9 Å². The lowest BCUT2D eigenvalue weighted by Gasteiger charge is -2.09. The monoisotopic (exact) mass is 291 g/mol. The zero-order valence-electron chi connectivity index (χ0n) is 9.45. The maximum absolute atomic E-state index is 6.14. The van der Waals surface area contributed by atoms with Crippen LogP contribution in [0.2, 0.25) is 0 Å². The Morgan fingerprint density at radius 2 is 2.12 bits per heavy atom. The van der Waals surface area contributed by atoms with Crippen LogP contribution in [-0.2, 0) is 6.42 Å². The molecule has 1 aromatic heterocycles. The van der Waals surface area contributed by atoms with E-state index in [1.54, 1.807) is 6.26 Å². The van der Waals surface area contributed by atoms with E-state index in [4.69, 9.17) is 10.2 Å². The zero-order valence-corrected chi connectivity index (χ0v) is 11.0. The summed E-state index contributed by atoms with van der Waals surface area (Å²) in [4.78, 5) is 0. The predicted octanol–water partition coefficient (Wildman–Crippen LogP) is 3.74.